The normalized spacial score (nSPS) is 33.6. The van der Waals surface area contributed by atoms with Gasteiger partial charge >= 0.3 is 0 Å². The first-order valence-corrected chi connectivity index (χ1v) is 9.07. The standard InChI is InChI=1S/C18H34N2/c1-4-19-17-16(6-5-11-18(17,2)3)20(12-14-7-8-14)13-15-9-10-15/h14-17,19H,4-13H2,1-3H3. The number of likely N-dealkylation sites (N-methyl/N-ethyl adjacent to an activating group) is 1. The molecule has 0 amide bonds. The highest BCUT2D eigenvalue weighted by molar-refractivity contribution is 4.99. The molecule has 116 valence electrons. The molecule has 0 radical (unpaired) electrons. The molecule has 0 aromatic rings. The average molecular weight is 278 g/mol. The minimum Gasteiger partial charge on any atom is -0.312 e. The van der Waals surface area contributed by atoms with Gasteiger partial charge in [0.25, 0.3) is 0 Å². The van der Waals surface area contributed by atoms with E-state index in [9.17, 15) is 0 Å². The zero-order valence-electron chi connectivity index (χ0n) is 13.8. The van der Waals surface area contributed by atoms with Crippen LogP contribution in [0.2, 0.25) is 0 Å². The van der Waals surface area contributed by atoms with Crippen LogP contribution in [0.3, 0.4) is 0 Å². The van der Waals surface area contributed by atoms with E-state index in [0.717, 1.165) is 24.4 Å². The highest BCUT2D eigenvalue weighted by Crippen LogP contribution is 2.41. The summed E-state index contributed by atoms with van der Waals surface area (Å²) >= 11 is 0. The summed E-state index contributed by atoms with van der Waals surface area (Å²) in [5.41, 5.74) is 0.463. The minimum atomic E-state index is 0.463. The van der Waals surface area contributed by atoms with Crippen LogP contribution in [0.1, 0.15) is 65.7 Å². The lowest BCUT2D eigenvalue weighted by Gasteiger charge is -2.49. The highest BCUT2D eigenvalue weighted by atomic mass is 15.2. The molecule has 3 aliphatic carbocycles. The van der Waals surface area contributed by atoms with Gasteiger partial charge in [-0.05, 0) is 62.3 Å². The first kappa shape index (κ1) is 14.8. The molecule has 3 fully saturated rings. The predicted molar refractivity (Wildman–Crippen MR) is 85.9 cm³/mol. The van der Waals surface area contributed by atoms with E-state index in [0.29, 0.717) is 11.5 Å². The summed E-state index contributed by atoms with van der Waals surface area (Å²) in [5, 5.41) is 3.85. The Kier molecular flexibility index (Phi) is 4.42. The Morgan fingerprint density at radius 1 is 1.00 bits per heavy atom. The fourth-order valence-corrected chi connectivity index (χ4v) is 4.24. The number of nitrogens with one attached hydrogen (secondary N) is 1. The first-order valence-electron chi connectivity index (χ1n) is 9.07. The molecule has 3 saturated carbocycles. The van der Waals surface area contributed by atoms with Crippen molar-refractivity contribution in [3.05, 3.63) is 0 Å². The van der Waals surface area contributed by atoms with Gasteiger partial charge in [0.2, 0.25) is 0 Å². The van der Waals surface area contributed by atoms with Crippen molar-refractivity contribution >= 4 is 0 Å². The van der Waals surface area contributed by atoms with E-state index in [1.165, 1.54) is 58.0 Å². The summed E-state index contributed by atoms with van der Waals surface area (Å²) in [7, 11) is 0. The molecule has 0 spiro atoms. The summed E-state index contributed by atoms with van der Waals surface area (Å²) in [4.78, 5) is 2.91. The summed E-state index contributed by atoms with van der Waals surface area (Å²) in [6.07, 6.45) is 10.2. The minimum absolute atomic E-state index is 0.463. The number of rotatable bonds is 7. The summed E-state index contributed by atoms with van der Waals surface area (Å²) in [6, 6.07) is 1.48. The number of hydrogen-bond donors (Lipinski definition) is 1. The molecule has 2 atom stereocenters. The van der Waals surface area contributed by atoms with Crippen molar-refractivity contribution in [2.24, 2.45) is 17.3 Å². The van der Waals surface area contributed by atoms with E-state index in [1.54, 1.807) is 0 Å². The second-order valence-electron chi connectivity index (χ2n) is 8.32. The molecule has 0 aromatic heterocycles. The Labute approximate surface area is 125 Å². The van der Waals surface area contributed by atoms with Crippen molar-refractivity contribution in [1.29, 1.82) is 0 Å². The van der Waals surface area contributed by atoms with Crippen LogP contribution in [0.25, 0.3) is 0 Å². The molecule has 0 aliphatic heterocycles. The third-order valence-corrected chi connectivity index (χ3v) is 5.82. The maximum atomic E-state index is 3.85. The van der Waals surface area contributed by atoms with Crippen LogP contribution in [-0.4, -0.2) is 36.6 Å². The second-order valence-corrected chi connectivity index (χ2v) is 8.32. The van der Waals surface area contributed by atoms with E-state index < -0.39 is 0 Å². The largest absolute Gasteiger partial charge is 0.312 e. The van der Waals surface area contributed by atoms with Crippen molar-refractivity contribution < 1.29 is 0 Å². The van der Waals surface area contributed by atoms with Gasteiger partial charge in [-0.2, -0.15) is 0 Å². The molecule has 2 heteroatoms. The van der Waals surface area contributed by atoms with Gasteiger partial charge in [0, 0.05) is 25.2 Å². The van der Waals surface area contributed by atoms with Gasteiger partial charge in [0.05, 0.1) is 0 Å². The molecule has 0 aromatic carbocycles. The molecule has 1 N–H and O–H groups in total. The van der Waals surface area contributed by atoms with Gasteiger partial charge in [-0.25, -0.2) is 0 Å². The fourth-order valence-electron chi connectivity index (χ4n) is 4.24. The van der Waals surface area contributed by atoms with Crippen LogP contribution >= 0.6 is 0 Å². The van der Waals surface area contributed by atoms with Gasteiger partial charge in [-0.1, -0.05) is 27.2 Å². The van der Waals surface area contributed by atoms with Crippen molar-refractivity contribution in [3.8, 4) is 0 Å². The molecular weight excluding hydrogens is 244 g/mol. The maximum absolute atomic E-state index is 3.85. The second kappa shape index (κ2) is 5.96. The third-order valence-electron chi connectivity index (χ3n) is 5.82. The van der Waals surface area contributed by atoms with Crippen LogP contribution in [0.5, 0.6) is 0 Å². The van der Waals surface area contributed by atoms with Crippen LogP contribution in [0.4, 0.5) is 0 Å². The van der Waals surface area contributed by atoms with Gasteiger partial charge < -0.3 is 5.32 Å². The number of hydrogen-bond acceptors (Lipinski definition) is 2. The molecule has 0 heterocycles. The Bertz CT molecular complexity index is 303. The Balaban J connectivity index is 1.70. The van der Waals surface area contributed by atoms with Gasteiger partial charge in [-0.3, -0.25) is 4.90 Å². The van der Waals surface area contributed by atoms with E-state index in [4.69, 9.17) is 0 Å². The zero-order chi connectivity index (χ0) is 14.2. The fraction of sp³-hybridized carbons (Fsp3) is 1.00. The molecule has 3 rings (SSSR count). The van der Waals surface area contributed by atoms with Crippen LogP contribution in [0, 0.1) is 17.3 Å². The molecule has 2 unspecified atom stereocenters. The average Bonchev–Trinajstić information content (AvgIpc) is 3.26. The smallest absolute Gasteiger partial charge is 0.0274 e. The summed E-state index contributed by atoms with van der Waals surface area (Å²) in [6.45, 7) is 11.1. The van der Waals surface area contributed by atoms with Gasteiger partial charge in [0.15, 0.2) is 0 Å². The zero-order valence-corrected chi connectivity index (χ0v) is 13.8. The first-order chi connectivity index (χ1) is 9.60. The Hall–Kier alpha value is -0.0800. The molecule has 20 heavy (non-hydrogen) atoms. The van der Waals surface area contributed by atoms with Gasteiger partial charge in [-0.15, -0.1) is 0 Å². The SMILES string of the molecule is CCNC1C(N(CC2CC2)CC2CC2)CCCC1(C)C. The van der Waals surface area contributed by atoms with Crippen LogP contribution in [-0.2, 0) is 0 Å². The highest BCUT2D eigenvalue weighted by Gasteiger charge is 2.43. The number of nitrogens with zero attached hydrogens (tertiary/aromatic N) is 1. The molecule has 0 saturated heterocycles. The molecule has 2 nitrogen and oxygen atoms in total. The van der Waals surface area contributed by atoms with E-state index >= 15 is 0 Å². The lowest BCUT2D eigenvalue weighted by Crippen LogP contribution is -2.59. The van der Waals surface area contributed by atoms with E-state index in [-0.39, 0.29) is 0 Å². The van der Waals surface area contributed by atoms with Crippen LogP contribution < -0.4 is 5.32 Å². The van der Waals surface area contributed by atoms with E-state index in [2.05, 4.69) is 31.0 Å². The van der Waals surface area contributed by atoms with Gasteiger partial charge in [0.1, 0.15) is 0 Å². The topological polar surface area (TPSA) is 15.3 Å². The third kappa shape index (κ3) is 3.57. The lowest BCUT2D eigenvalue weighted by atomic mass is 9.70. The Morgan fingerprint density at radius 2 is 1.60 bits per heavy atom. The summed E-state index contributed by atoms with van der Waals surface area (Å²) in [5.74, 6) is 2.06. The summed E-state index contributed by atoms with van der Waals surface area (Å²) < 4.78 is 0. The maximum Gasteiger partial charge on any atom is 0.0274 e. The molecular formula is C18H34N2. The van der Waals surface area contributed by atoms with Crippen molar-refractivity contribution in [2.45, 2.75) is 77.8 Å². The quantitative estimate of drug-likeness (QED) is 0.764. The molecule has 0 bridgehead atoms. The van der Waals surface area contributed by atoms with Crippen molar-refractivity contribution in [1.82, 2.24) is 10.2 Å². The van der Waals surface area contributed by atoms with E-state index in [1.807, 2.05) is 0 Å². The molecule has 3 aliphatic rings. The van der Waals surface area contributed by atoms with Crippen molar-refractivity contribution in [2.75, 3.05) is 19.6 Å². The lowest BCUT2D eigenvalue weighted by molar-refractivity contribution is 0.0434. The van der Waals surface area contributed by atoms with Crippen LogP contribution in [0.15, 0.2) is 0 Å². The monoisotopic (exact) mass is 278 g/mol. The van der Waals surface area contributed by atoms with Crippen molar-refractivity contribution in [3.63, 3.8) is 0 Å². The predicted octanol–water partition coefficient (Wildman–Crippen LogP) is 3.67. The Morgan fingerprint density at radius 3 is 2.10 bits per heavy atom.